The maximum absolute atomic E-state index is 12.5. The summed E-state index contributed by atoms with van der Waals surface area (Å²) in [6.07, 6.45) is 3.21. The van der Waals surface area contributed by atoms with Crippen LogP contribution in [0.25, 0.3) is 0 Å². The Morgan fingerprint density at radius 2 is 2.00 bits per heavy atom. The van der Waals surface area contributed by atoms with Gasteiger partial charge in [-0.25, -0.2) is 4.98 Å². The number of aliphatic hydroxyl groups excluding tert-OH is 1. The van der Waals surface area contributed by atoms with E-state index in [1.165, 1.54) is 19.3 Å². The predicted molar refractivity (Wildman–Crippen MR) is 80.1 cm³/mol. The molecular weight excluding hydrogens is 266 g/mol. The van der Waals surface area contributed by atoms with E-state index in [1.807, 2.05) is 19.1 Å². The van der Waals surface area contributed by atoms with E-state index in [4.69, 9.17) is 0 Å². The third-order valence-corrected chi connectivity index (χ3v) is 4.51. The molecule has 0 spiro atoms. The minimum absolute atomic E-state index is 0.0720. The minimum Gasteiger partial charge on any atom is -0.390 e. The van der Waals surface area contributed by atoms with E-state index < -0.39 is 6.10 Å². The van der Waals surface area contributed by atoms with Gasteiger partial charge in [0.1, 0.15) is 5.69 Å². The fourth-order valence-electron chi connectivity index (χ4n) is 3.37. The molecule has 0 unspecified atom stereocenters. The molecule has 1 aromatic rings. The second kappa shape index (κ2) is 6.12. The van der Waals surface area contributed by atoms with Crippen molar-refractivity contribution in [3.8, 4) is 0 Å². The molecule has 1 N–H and O–H groups in total. The lowest BCUT2D eigenvalue weighted by molar-refractivity contribution is 0.0702. The Morgan fingerprint density at radius 1 is 1.24 bits per heavy atom. The van der Waals surface area contributed by atoms with Gasteiger partial charge in [0.25, 0.3) is 5.91 Å². The molecule has 2 fully saturated rings. The molecule has 2 saturated heterocycles. The standard InChI is InChI=1S/C16H23N3O2/c1-12-6-5-7-13(17-12)16(21)19-10-14(15(20)11-19)18-8-3-2-4-9-18/h5-7,14-15,20H,2-4,8-11H2,1H3/t14-,15-/m0/s1. The van der Waals surface area contributed by atoms with Crippen LogP contribution < -0.4 is 0 Å². The Hall–Kier alpha value is -1.46. The molecule has 0 bridgehead atoms. The van der Waals surface area contributed by atoms with Gasteiger partial charge in [-0.05, 0) is 45.0 Å². The van der Waals surface area contributed by atoms with Crippen molar-refractivity contribution in [3.05, 3.63) is 29.6 Å². The number of carbonyl (C=O) groups is 1. The van der Waals surface area contributed by atoms with Crippen molar-refractivity contribution in [3.63, 3.8) is 0 Å². The molecule has 2 aliphatic rings. The monoisotopic (exact) mass is 289 g/mol. The molecule has 3 heterocycles. The van der Waals surface area contributed by atoms with Crippen molar-refractivity contribution in [2.45, 2.75) is 38.3 Å². The number of pyridine rings is 1. The lowest BCUT2D eigenvalue weighted by Gasteiger charge is -2.33. The summed E-state index contributed by atoms with van der Waals surface area (Å²) >= 11 is 0. The van der Waals surface area contributed by atoms with Gasteiger partial charge in [-0.2, -0.15) is 0 Å². The van der Waals surface area contributed by atoms with E-state index in [-0.39, 0.29) is 11.9 Å². The average molecular weight is 289 g/mol. The van der Waals surface area contributed by atoms with E-state index in [9.17, 15) is 9.90 Å². The highest BCUT2D eigenvalue weighted by molar-refractivity contribution is 5.92. The van der Waals surface area contributed by atoms with Gasteiger partial charge in [0.2, 0.25) is 0 Å². The average Bonchev–Trinajstić information content (AvgIpc) is 2.89. The zero-order valence-corrected chi connectivity index (χ0v) is 12.5. The zero-order valence-electron chi connectivity index (χ0n) is 12.5. The molecule has 0 radical (unpaired) electrons. The van der Waals surface area contributed by atoms with Crippen LogP contribution in [0.4, 0.5) is 0 Å². The number of likely N-dealkylation sites (tertiary alicyclic amines) is 2. The first kappa shape index (κ1) is 14.5. The van der Waals surface area contributed by atoms with Crippen molar-refractivity contribution in [1.82, 2.24) is 14.8 Å². The summed E-state index contributed by atoms with van der Waals surface area (Å²) in [7, 11) is 0. The SMILES string of the molecule is Cc1cccc(C(=O)N2C[C@H](O)[C@@H](N3CCCCC3)C2)n1. The van der Waals surface area contributed by atoms with E-state index >= 15 is 0 Å². The maximum Gasteiger partial charge on any atom is 0.272 e. The van der Waals surface area contributed by atoms with E-state index in [0.29, 0.717) is 18.8 Å². The highest BCUT2D eigenvalue weighted by Gasteiger charge is 2.38. The van der Waals surface area contributed by atoms with Crippen LogP contribution in [-0.4, -0.2) is 64.1 Å². The topological polar surface area (TPSA) is 56.7 Å². The number of aryl methyl sites for hydroxylation is 1. The molecule has 2 atom stereocenters. The summed E-state index contributed by atoms with van der Waals surface area (Å²) in [5.41, 5.74) is 1.31. The lowest BCUT2D eigenvalue weighted by atomic mass is 10.1. The first-order valence-corrected chi connectivity index (χ1v) is 7.80. The quantitative estimate of drug-likeness (QED) is 0.884. The van der Waals surface area contributed by atoms with Crippen LogP contribution in [0.3, 0.4) is 0 Å². The number of amides is 1. The Kier molecular flexibility index (Phi) is 4.22. The molecule has 3 rings (SSSR count). The van der Waals surface area contributed by atoms with Crippen molar-refractivity contribution in [1.29, 1.82) is 0 Å². The molecule has 1 aromatic heterocycles. The van der Waals surface area contributed by atoms with Gasteiger partial charge >= 0.3 is 0 Å². The summed E-state index contributed by atoms with van der Waals surface area (Å²) < 4.78 is 0. The summed E-state index contributed by atoms with van der Waals surface area (Å²) in [6.45, 7) is 4.97. The number of aromatic nitrogens is 1. The van der Waals surface area contributed by atoms with Gasteiger partial charge < -0.3 is 10.0 Å². The summed E-state index contributed by atoms with van der Waals surface area (Å²) in [6, 6.07) is 5.56. The van der Waals surface area contributed by atoms with Crippen LogP contribution in [-0.2, 0) is 0 Å². The first-order chi connectivity index (χ1) is 10.1. The molecule has 114 valence electrons. The van der Waals surface area contributed by atoms with Crippen LogP contribution in [0.15, 0.2) is 18.2 Å². The van der Waals surface area contributed by atoms with Gasteiger partial charge in [0.05, 0.1) is 12.1 Å². The normalized spacial score (nSPS) is 27.0. The third-order valence-electron chi connectivity index (χ3n) is 4.51. The summed E-state index contributed by atoms with van der Waals surface area (Å²) in [5.74, 6) is -0.0720. The second-order valence-electron chi connectivity index (χ2n) is 6.11. The molecule has 0 saturated carbocycles. The van der Waals surface area contributed by atoms with Crippen molar-refractivity contribution in [2.24, 2.45) is 0 Å². The molecule has 0 aliphatic carbocycles. The Morgan fingerprint density at radius 3 is 2.71 bits per heavy atom. The molecule has 21 heavy (non-hydrogen) atoms. The number of β-amino-alcohol motifs (C(OH)–C–C–N with tert-alkyl or cyclic N) is 1. The van der Waals surface area contributed by atoms with Crippen LogP contribution in [0.5, 0.6) is 0 Å². The van der Waals surface area contributed by atoms with Crippen LogP contribution in [0.1, 0.15) is 35.4 Å². The number of nitrogens with zero attached hydrogens (tertiary/aromatic N) is 3. The zero-order chi connectivity index (χ0) is 14.8. The second-order valence-corrected chi connectivity index (χ2v) is 6.11. The summed E-state index contributed by atoms with van der Waals surface area (Å²) in [5, 5.41) is 10.3. The number of hydrogen-bond acceptors (Lipinski definition) is 4. The van der Waals surface area contributed by atoms with Gasteiger partial charge in [0, 0.05) is 18.8 Å². The van der Waals surface area contributed by atoms with Crippen LogP contribution in [0.2, 0.25) is 0 Å². The number of piperidine rings is 1. The van der Waals surface area contributed by atoms with Gasteiger partial charge in [-0.15, -0.1) is 0 Å². The predicted octanol–water partition coefficient (Wildman–Crippen LogP) is 1.06. The maximum atomic E-state index is 12.5. The Labute approximate surface area is 125 Å². The lowest BCUT2D eigenvalue weighted by Crippen LogP contribution is -2.46. The Bertz CT molecular complexity index is 514. The number of aliphatic hydroxyl groups is 1. The fourth-order valence-corrected chi connectivity index (χ4v) is 3.37. The number of carbonyl (C=O) groups excluding carboxylic acids is 1. The first-order valence-electron chi connectivity index (χ1n) is 7.80. The van der Waals surface area contributed by atoms with Crippen LogP contribution >= 0.6 is 0 Å². The molecule has 1 amide bonds. The van der Waals surface area contributed by atoms with E-state index in [2.05, 4.69) is 9.88 Å². The molecule has 0 aromatic carbocycles. The smallest absolute Gasteiger partial charge is 0.272 e. The molecule has 5 heteroatoms. The van der Waals surface area contributed by atoms with Crippen LogP contribution in [0, 0.1) is 6.92 Å². The van der Waals surface area contributed by atoms with E-state index in [0.717, 1.165) is 18.8 Å². The van der Waals surface area contributed by atoms with Crippen molar-refractivity contribution < 1.29 is 9.90 Å². The Balaban J connectivity index is 1.68. The highest BCUT2D eigenvalue weighted by atomic mass is 16.3. The molecular formula is C16H23N3O2. The van der Waals surface area contributed by atoms with Gasteiger partial charge in [-0.1, -0.05) is 12.5 Å². The summed E-state index contributed by atoms with van der Waals surface area (Å²) in [4.78, 5) is 20.9. The largest absolute Gasteiger partial charge is 0.390 e. The fraction of sp³-hybridized carbons (Fsp3) is 0.625. The molecule has 5 nitrogen and oxygen atoms in total. The van der Waals surface area contributed by atoms with Crippen molar-refractivity contribution >= 4 is 5.91 Å². The number of hydrogen-bond donors (Lipinski definition) is 1. The number of rotatable bonds is 2. The van der Waals surface area contributed by atoms with E-state index in [1.54, 1.807) is 11.0 Å². The van der Waals surface area contributed by atoms with Gasteiger partial charge in [0.15, 0.2) is 0 Å². The highest BCUT2D eigenvalue weighted by Crippen LogP contribution is 2.21. The molecule has 2 aliphatic heterocycles. The third kappa shape index (κ3) is 3.09. The van der Waals surface area contributed by atoms with Crippen molar-refractivity contribution in [2.75, 3.05) is 26.2 Å². The van der Waals surface area contributed by atoms with Gasteiger partial charge in [-0.3, -0.25) is 9.69 Å². The minimum atomic E-state index is -0.447.